The highest BCUT2D eigenvalue weighted by Crippen LogP contribution is 2.33. The van der Waals surface area contributed by atoms with Gasteiger partial charge < -0.3 is 5.32 Å². The van der Waals surface area contributed by atoms with Crippen LogP contribution in [0.3, 0.4) is 0 Å². The second kappa shape index (κ2) is 5.44. The fraction of sp³-hybridized carbons (Fsp3) is 0.571. The standard InChI is InChI=1S/C14H20FN/c1-2-14(12-6-7-12)16-9-8-11-4-3-5-13(15)10-11/h3-5,10,12,14,16H,2,6-9H2,1H3. The summed E-state index contributed by atoms with van der Waals surface area (Å²) in [6.45, 7) is 3.19. The molecule has 0 radical (unpaired) electrons. The lowest BCUT2D eigenvalue weighted by Gasteiger charge is -2.15. The van der Waals surface area contributed by atoms with Crippen LogP contribution < -0.4 is 5.32 Å². The second-order valence-electron chi connectivity index (χ2n) is 4.69. The van der Waals surface area contributed by atoms with E-state index in [1.165, 1.54) is 25.3 Å². The highest BCUT2D eigenvalue weighted by atomic mass is 19.1. The molecule has 0 aromatic heterocycles. The van der Waals surface area contributed by atoms with Crippen LogP contribution in [-0.2, 0) is 6.42 Å². The van der Waals surface area contributed by atoms with Gasteiger partial charge in [-0.05, 0) is 55.8 Å². The minimum absolute atomic E-state index is 0.133. The molecule has 1 aliphatic carbocycles. The SMILES string of the molecule is CCC(NCCc1cccc(F)c1)C1CC1. The Morgan fingerprint density at radius 2 is 2.25 bits per heavy atom. The zero-order valence-corrected chi connectivity index (χ0v) is 9.88. The van der Waals surface area contributed by atoms with Gasteiger partial charge in [0, 0.05) is 6.04 Å². The van der Waals surface area contributed by atoms with Gasteiger partial charge in [0.15, 0.2) is 0 Å². The van der Waals surface area contributed by atoms with Crippen molar-refractivity contribution in [3.63, 3.8) is 0 Å². The number of rotatable bonds is 6. The highest BCUT2D eigenvalue weighted by molar-refractivity contribution is 5.16. The van der Waals surface area contributed by atoms with Crippen molar-refractivity contribution in [3.05, 3.63) is 35.6 Å². The van der Waals surface area contributed by atoms with Crippen molar-refractivity contribution in [1.29, 1.82) is 0 Å². The average Bonchev–Trinajstić information content (AvgIpc) is 3.08. The predicted molar refractivity (Wildman–Crippen MR) is 64.9 cm³/mol. The van der Waals surface area contributed by atoms with E-state index in [1.54, 1.807) is 12.1 Å². The lowest BCUT2D eigenvalue weighted by atomic mass is 10.1. The van der Waals surface area contributed by atoms with Crippen LogP contribution in [-0.4, -0.2) is 12.6 Å². The largest absolute Gasteiger partial charge is 0.313 e. The summed E-state index contributed by atoms with van der Waals surface area (Å²) in [5, 5.41) is 3.58. The maximum Gasteiger partial charge on any atom is 0.123 e. The molecule has 16 heavy (non-hydrogen) atoms. The minimum Gasteiger partial charge on any atom is -0.313 e. The van der Waals surface area contributed by atoms with E-state index >= 15 is 0 Å². The number of hydrogen-bond acceptors (Lipinski definition) is 1. The third kappa shape index (κ3) is 3.31. The second-order valence-corrected chi connectivity index (χ2v) is 4.69. The molecule has 88 valence electrons. The van der Waals surface area contributed by atoms with Crippen LogP contribution in [0.4, 0.5) is 4.39 Å². The summed E-state index contributed by atoms with van der Waals surface area (Å²) in [4.78, 5) is 0. The lowest BCUT2D eigenvalue weighted by Crippen LogP contribution is -2.32. The molecule has 0 aliphatic heterocycles. The smallest absolute Gasteiger partial charge is 0.123 e. The molecule has 0 heterocycles. The molecule has 0 spiro atoms. The number of nitrogens with one attached hydrogen (secondary N) is 1. The lowest BCUT2D eigenvalue weighted by molar-refractivity contribution is 0.453. The van der Waals surface area contributed by atoms with Gasteiger partial charge in [-0.3, -0.25) is 0 Å². The van der Waals surface area contributed by atoms with E-state index < -0.39 is 0 Å². The normalized spacial score (nSPS) is 17.4. The van der Waals surface area contributed by atoms with E-state index in [9.17, 15) is 4.39 Å². The zero-order valence-electron chi connectivity index (χ0n) is 9.88. The molecule has 2 rings (SSSR count). The Kier molecular flexibility index (Phi) is 3.94. The van der Waals surface area contributed by atoms with E-state index in [0.29, 0.717) is 6.04 Å². The number of hydrogen-bond donors (Lipinski definition) is 1. The summed E-state index contributed by atoms with van der Waals surface area (Å²) in [5.74, 6) is 0.768. The van der Waals surface area contributed by atoms with Crippen LogP contribution in [0.1, 0.15) is 31.7 Å². The zero-order chi connectivity index (χ0) is 11.4. The van der Waals surface area contributed by atoms with Crippen LogP contribution in [0.15, 0.2) is 24.3 Å². The Bertz CT molecular complexity index is 333. The fourth-order valence-electron chi connectivity index (χ4n) is 2.24. The molecule has 0 saturated heterocycles. The predicted octanol–water partition coefficient (Wildman–Crippen LogP) is 3.15. The highest BCUT2D eigenvalue weighted by Gasteiger charge is 2.29. The molecule has 0 amide bonds. The van der Waals surface area contributed by atoms with Gasteiger partial charge in [-0.2, -0.15) is 0 Å². The van der Waals surface area contributed by atoms with Gasteiger partial charge >= 0.3 is 0 Å². The van der Waals surface area contributed by atoms with Crippen molar-refractivity contribution in [2.45, 2.75) is 38.6 Å². The van der Waals surface area contributed by atoms with Gasteiger partial charge in [0.2, 0.25) is 0 Å². The van der Waals surface area contributed by atoms with Gasteiger partial charge in [-0.25, -0.2) is 4.39 Å². The van der Waals surface area contributed by atoms with Crippen molar-refractivity contribution >= 4 is 0 Å². The third-order valence-electron chi connectivity index (χ3n) is 3.34. The Morgan fingerprint density at radius 1 is 1.44 bits per heavy atom. The number of halogens is 1. The van der Waals surface area contributed by atoms with E-state index in [0.717, 1.165) is 24.4 Å². The maximum atomic E-state index is 12.9. The van der Waals surface area contributed by atoms with Gasteiger partial charge in [0.1, 0.15) is 5.82 Å². The molecule has 1 N–H and O–H groups in total. The monoisotopic (exact) mass is 221 g/mol. The maximum absolute atomic E-state index is 12.9. The molecule has 1 aromatic rings. The Labute approximate surface area is 97.1 Å². The molecule has 2 heteroatoms. The van der Waals surface area contributed by atoms with Crippen LogP contribution in [0, 0.1) is 11.7 Å². The van der Waals surface area contributed by atoms with Crippen molar-refractivity contribution in [3.8, 4) is 0 Å². The topological polar surface area (TPSA) is 12.0 Å². The minimum atomic E-state index is -0.133. The first-order chi connectivity index (χ1) is 7.79. The van der Waals surface area contributed by atoms with Gasteiger partial charge in [0.25, 0.3) is 0 Å². The molecule has 1 atom stereocenters. The van der Waals surface area contributed by atoms with Gasteiger partial charge in [-0.15, -0.1) is 0 Å². The number of benzene rings is 1. The van der Waals surface area contributed by atoms with Crippen molar-refractivity contribution in [2.75, 3.05) is 6.54 Å². The summed E-state index contributed by atoms with van der Waals surface area (Å²) in [6.07, 6.45) is 4.88. The molecule has 1 nitrogen and oxygen atoms in total. The van der Waals surface area contributed by atoms with Gasteiger partial charge in [-0.1, -0.05) is 19.1 Å². The first-order valence-electron chi connectivity index (χ1n) is 6.27. The first kappa shape index (κ1) is 11.6. The van der Waals surface area contributed by atoms with E-state index in [-0.39, 0.29) is 5.82 Å². The van der Waals surface area contributed by atoms with Crippen molar-refractivity contribution < 1.29 is 4.39 Å². The molecule has 1 saturated carbocycles. The molecule has 1 aliphatic rings. The molecule has 1 aromatic carbocycles. The molecular formula is C14H20FN. The van der Waals surface area contributed by atoms with Crippen LogP contribution in [0.2, 0.25) is 0 Å². The van der Waals surface area contributed by atoms with E-state index in [4.69, 9.17) is 0 Å². The van der Waals surface area contributed by atoms with Crippen LogP contribution in [0.5, 0.6) is 0 Å². The molecule has 1 unspecified atom stereocenters. The van der Waals surface area contributed by atoms with E-state index in [1.807, 2.05) is 6.07 Å². The third-order valence-corrected chi connectivity index (χ3v) is 3.34. The van der Waals surface area contributed by atoms with Crippen molar-refractivity contribution in [2.24, 2.45) is 5.92 Å². The summed E-state index contributed by atoms with van der Waals surface area (Å²) in [5.41, 5.74) is 1.08. The molecular weight excluding hydrogens is 201 g/mol. The van der Waals surface area contributed by atoms with Crippen LogP contribution >= 0.6 is 0 Å². The van der Waals surface area contributed by atoms with Gasteiger partial charge in [0.05, 0.1) is 0 Å². The summed E-state index contributed by atoms with van der Waals surface area (Å²) >= 11 is 0. The summed E-state index contributed by atoms with van der Waals surface area (Å²) in [7, 11) is 0. The van der Waals surface area contributed by atoms with E-state index in [2.05, 4.69) is 12.2 Å². The summed E-state index contributed by atoms with van der Waals surface area (Å²) in [6, 6.07) is 7.56. The quantitative estimate of drug-likeness (QED) is 0.778. The first-order valence-corrected chi connectivity index (χ1v) is 6.27. The fourth-order valence-corrected chi connectivity index (χ4v) is 2.24. The molecule has 1 fully saturated rings. The summed E-state index contributed by atoms with van der Waals surface area (Å²) < 4.78 is 12.9. The average molecular weight is 221 g/mol. The Morgan fingerprint density at radius 3 is 2.88 bits per heavy atom. The Hall–Kier alpha value is -0.890. The van der Waals surface area contributed by atoms with Crippen molar-refractivity contribution in [1.82, 2.24) is 5.32 Å². The Balaban J connectivity index is 1.74. The van der Waals surface area contributed by atoms with Crippen LogP contribution in [0.25, 0.3) is 0 Å². The molecule has 0 bridgehead atoms.